The van der Waals surface area contributed by atoms with Crippen LogP contribution in [0.4, 0.5) is 5.82 Å². The Morgan fingerprint density at radius 2 is 1.97 bits per heavy atom. The van der Waals surface area contributed by atoms with Gasteiger partial charge in [-0.2, -0.15) is 10.4 Å². The molecule has 0 aliphatic carbocycles. The van der Waals surface area contributed by atoms with E-state index in [4.69, 9.17) is 14.5 Å². The molecule has 0 spiro atoms. The fourth-order valence-electron chi connectivity index (χ4n) is 3.91. The molecular formula is C24H23N5O2. The van der Waals surface area contributed by atoms with Crippen molar-refractivity contribution in [1.82, 2.24) is 9.38 Å². The largest absolute Gasteiger partial charge is 0.493 e. The Morgan fingerprint density at radius 1 is 1.16 bits per heavy atom. The van der Waals surface area contributed by atoms with E-state index in [1.165, 1.54) is 0 Å². The molecule has 0 saturated heterocycles. The number of para-hydroxylation sites is 3. The van der Waals surface area contributed by atoms with E-state index in [9.17, 15) is 5.26 Å². The number of anilines is 1. The van der Waals surface area contributed by atoms with Crippen molar-refractivity contribution < 1.29 is 9.47 Å². The molecule has 0 aliphatic rings. The molecule has 7 heteroatoms. The molecule has 0 atom stereocenters. The van der Waals surface area contributed by atoms with Gasteiger partial charge in [-0.1, -0.05) is 25.1 Å². The smallest absolute Gasteiger partial charge is 0.169 e. The van der Waals surface area contributed by atoms with Gasteiger partial charge in [0.2, 0.25) is 0 Å². The summed E-state index contributed by atoms with van der Waals surface area (Å²) in [5.74, 6) is 2.04. The zero-order valence-corrected chi connectivity index (χ0v) is 17.9. The average Bonchev–Trinajstić information content (AvgIpc) is 3.18. The molecule has 0 saturated carbocycles. The first kappa shape index (κ1) is 20.2. The van der Waals surface area contributed by atoms with Gasteiger partial charge in [0.1, 0.15) is 11.9 Å². The Balaban J connectivity index is 1.88. The molecule has 0 bridgehead atoms. The van der Waals surface area contributed by atoms with Crippen molar-refractivity contribution in [3.8, 4) is 17.6 Å². The van der Waals surface area contributed by atoms with Crippen LogP contribution in [-0.2, 0) is 6.42 Å². The highest BCUT2D eigenvalue weighted by Gasteiger charge is 2.19. The summed E-state index contributed by atoms with van der Waals surface area (Å²) in [7, 11) is 3.20. The third-order valence-electron chi connectivity index (χ3n) is 5.39. The van der Waals surface area contributed by atoms with Crippen LogP contribution in [0.5, 0.6) is 11.5 Å². The number of nitrogens with one attached hydrogen (secondary N) is 1. The van der Waals surface area contributed by atoms with E-state index < -0.39 is 0 Å². The number of nitrogens with zero attached hydrogens (tertiary/aromatic N) is 4. The second-order valence-corrected chi connectivity index (χ2v) is 7.00. The number of hydrazone groups is 1. The first-order valence-electron chi connectivity index (χ1n) is 9.97. The highest BCUT2D eigenvalue weighted by Crippen LogP contribution is 2.32. The summed E-state index contributed by atoms with van der Waals surface area (Å²) in [4.78, 5) is 4.71. The van der Waals surface area contributed by atoms with Crippen LogP contribution in [0.15, 0.2) is 47.6 Å². The van der Waals surface area contributed by atoms with Crippen LogP contribution >= 0.6 is 0 Å². The van der Waals surface area contributed by atoms with Crippen molar-refractivity contribution in [2.75, 3.05) is 19.6 Å². The van der Waals surface area contributed by atoms with Crippen LogP contribution < -0.4 is 14.9 Å². The van der Waals surface area contributed by atoms with Crippen molar-refractivity contribution >= 4 is 28.7 Å². The number of ether oxygens (including phenoxy) is 2. The third kappa shape index (κ3) is 3.32. The maximum atomic E-state index is 9.81. The third-order valence-corrected chi connectivity index (χ3v) is 5.39. The standard InChI is InChI=1S/C24H23N5O2/c1-5-17-15(2)18(13-25)23-27-19-10-6-7-11-20(19)29(23)24(17)28-26-14-16-9-8-12-21(30-3)22(16)31-4/h6-12,14,28H,5H2,1-4H3/b26-14+. The van der Waals surface area contributed by atoms with Gasteiger partial charge >= 0.3 is 0 Å². The maximum absolute atomic E-state index is 9.81. The molecule has 1 N–H and O–H groups in total. The number of methoxy groups -OCH3 is 2. The minimum absolute atomic E-state index is 0.581. The zero-order valence-electron chi connectivity index (χ0n) is 17.9. The number of hydrogen-bond acceptors (Lipinski definition) is 6. The first-order chi connectivity index (χ1) is 15.1. The molecule has 4 aromatic rings. The molecule has 0 amide bonds. The quantitative estimate of drug-likeness (QED) is 0.366. The summed E-state index contributed by atoms with van der Waals surface area (Å²) < 4.78 is 12.8. The van der Waals surface area contributed by atoms with E-state index in [2.05, 4.69) is 23.5 Å². The highest BCUT2D eigenvalue weighted by atomic mass is 16.5. The van der Waals surface area contributed by atoms with E-state index in [1.807, 2.05) is 53.8 Å². The fraction of sp³-hybridized carbons (Fsp3) is 0.208. The second-order valence-electron chi connectivity index (χ2n) is 7.00. The Kier molecular flexibility index (Phi) is 5.46. The predicted molar refractivity (Wildman–Crippen MR) is 122 cm³/mol. The van der Waals surface area contributed by atoms with E-state index in [-0.39, 0.29) is 0 Å². The number of rotatable bonds is 6. The van der Waals surface area contributed by atoms with E-state index in [1.54, 1.807) is 20.4 Å². The monoisotopic (exact) mass is 413 g/mol. The van der Waals surface area contributed by atoms with Gasteiger partial charge in [0.05, 0.1) is 37.0 Å². The van der Waals surface area contributed by atoms with Gasteiger partial charge in [-0.15, -0.1) is 0 Å². The lowest BCUT2D eigenvalue weighted by Crippen LogP contribution is -2.07. The fourth-order valence-corrected chi connectivity index (χ4v) is 3.91. The molecule has 0 fully saturated rings. The summed E-state index contributed by atoms with van der Waals surface area (Å²) in [5.41, 5.74) is 8.85. The van der Waals surface area contributed by atoms with Gasteiger partial charge in [0.25, 0.3) is 0 Å². The predicted octanol–water partition coefficient (Wildman–Crippen LogP) is 4.69. The van der Waals surface area contributed by atoms with Crippen molar-refractivity contribution in [2.45, 2.75) is 20.3 Å². The Morgan fingerprint density at radius 3 is 2.68 bits per heavy atom. The number of nitriles is 1. The van der Waals surface area contributed by atoms with Crippen LogP contribution in [0.1, 0.15) is 29.2 Å². The summed E-state index contributed by atoms with van der Waals surface area (Å²) in [6.07, 6.45) is 2.43. The zero-order chi connectivity index (χ0) is 22.0. The molecule has 0 radical (unpaired) electrons. The van der Waals surface area contributed by atoms with Gasteiger partial charge < -0.3 is 9.47 Å². The van der Waals surface area contributed by atoms with Crippen LogP contribution in [0.2, 0.25) is 0 Å². The number of imidazole rings is 1. The first-order valence-corrected chi connectivity index (χ1v) is 9.97. The lowest BCUT2D eigenvalue weighted by atomic mass is 10.0. The molecule has 0 aliphatic heterocycles. The van der Waals surface area contributed by atoms with Gasteiger partial charge in [0.15, 0.2) is 17.1 Å². The van der Waals surface area contributed by atoms with Crippen LogP contribution in [-0.4, -0.2) is 29.8 Å². The molecule has 2 aromatic carbocycles. The van der Waals surface area contributed by atoms with Crippen molar-refractivity contribution in [2.24, 2.45) is 5.10 Å². The SMILES string of the molecule is CCc1c(C)c(C#N)c2nc3ccccc3n2c1N/N=C/c1cccc(OC)c1OC. The lowest BCUT2D eigenvalue weighted by Gasteiger charge is -2.16. The molecular weight excluding hydrogens is 390 g/mol. The van der Waals surface area contributed by atoms with Gasteiger partial charge in [-0.05, 0) is 48.7 Å². The van der Waals surface area contributed by atoms with Gasteiger partial charge in [-0.3, -0.25) is 9.83 Å². The normalized spacial score (nSPS) is 11.2. The van der Waals surface area contributed by atoms with Gasteiger partial charge in [0, 0.05) is 5.56 Å². The van der Waals surface area contributed by atoms with Crippen molar-refractivity contribution in [3.05, 3.63) is 64.7 Å². The molecule has 2 aromatic heterocycles. The topological polar surface area (TPSA) is 83.9 Å². The van der Waals surface area contributed by atoms with Gasteiger partial charge in [-0.25, -0.2) is 4.98 Å². The maximum Gasteiger partial charge on any atom is 0.169 e. The number of benzene rings is 2. The van der Waals surface area contributed by atoms with E-state index in [0.717, 1.165) is 40.0 Å². The molecule has 4 rings (SSSR count). The van der Waals surface area contributed by atoms with Crippen LogP contribution in [0.25, 0.3) is 16.7 Å². The van der Waals surface area contributed by atoms with Crippen molar-refractivity contribution in [1.29, 1.82) is 5.26 Å². The molecule has 2 heterocycles. The molecule has 7 nitrogen and oxygen atoms in total. The Bertz CT molecular complexity index is 1350. The lowest BCUT2D eigenvalue weighted by molar-refractivity contribution is 0.354. The Labute approximate surface area is 180 Å². The van der Waals surface area contributed by atoms with Crippen molar-refractivity contribution in [3.63, 3.8) is 0 Å². The minimum Gasteiger partial charge on any atom is -0.493 e. The average molecular weight is 413 g/mol. The summed E-state index contributed by atoms with van der Waals surface area (Å²) >= 11 is 0. The number of hydrogen-bond donors (Lipinski definition) is 1. The Hall–Kier alpha value is -4.05. The number of aromatic nitrogens is 2. The van der Waals surface area contributed by atoms with Crippen LogP contribution in [0.3, 0.4) is 0 Å². The number of pyridine rings is 1. The molecule has 156 valence electrons. The second kappa shape index (κ2) is 8.36. The molecule has 0 unspecified atom stereocenters. The highest BCUT2D eigenvalue weighted by molar-refractivity contribution is 5.88. The van der Waals surface area contributed by atoms with E-state index in [0.29, 0.717) is 22.7 Å². The number of fused-ring (bicyclic) bond motifs is 3. The summed E-state index contributed by atoms with van der Waals surface area (Å²) in [5, 5.41) is 14.3. The van der Waals surface area contributed by atoms with Crippen LogP contribution in [0, 0.1) is 18.3 Å². The minimum atomic E-state index is 0.581. The summed E-state index contributed by atoms with van der Waals surface area (Å²) in [6.45, 7) is 4.02. The van der Waals surface area contributed by atoms with E-state index >= 15 is 0 Å². The summed E-state index contributed by atoms with van der Waals surface area (Å²) in [6, 6.07) is 15.8. The molecule has 31 heavy (non-hydrogen) atoms.